The highest BCUT2D eigenvalue weighted by molar-refractivity contribution is 6.33. The number of nitrogens with zero attached hydrogens (tertiary/aromatic N) is 6. The summed E-state index contributed by atoms with van der Waals surface area (Å²) in [6.45, 7) is 8.21. The third kappa shape index (κ3) is 5.83. The minimum atomic E-state index is 0.431. The van der Waals surface area contributed by atoms with Crippen molar-refractivity contribution in [3.63, 3.8) is 0 Å². The van der Waals surface area contributed by atoms with Gasteiger partial charge in [0.1, 0.15) is 10.8 Å². The van der Waals surface area contributed by atoms with Crippen molar-refractivity contribution in [2.75, 3.05) is 73.9 Å². The molecule has 3 aromatic rings. The maximum atomic E-state index is 6.51. The van der Waals surface area contributed by atoms with Crippen LogP contribution in [0.2, 0.25) is 5.02 Å². The van der Waals surface area contributed by atoms with Crippen molar-refractivity contribution >= 4 is 46.2 Å². The van der Waals surface area contributed by atoms with E-state index in [9.17, 15) is 0 Å². The predicted octanol–water partition coefficient (Wildman–Crippen LogP) is 5.07. The highest BCUT2D eigenvalue weighted by Gasteiger charge is 2.20. The van der Waals surface area contributed by atoms with Crippen LogP contribution in [-0.2, 0) is 0 Å². The van der Waals surface area contributed by atoms with E-state index in [1.54, 1.807) is 13.3 Å². The molecule has 2 fully saturated rings. The van der Waals surface area contributed by atoms with Gasteiger partial charge in [-0.1, -0.05) is 11.6 Å². The van der Waals surface area contributed by atoms with Gasteiger partial charge in [0.25, 0.3) is 0 Å². The number of hydrogen-bond donors (Lipinski definition) is 2. The second kappa shape index (κ2) is 11.4. The van der Waals surface area contributed by atoms with Gasteiger partial charge in [0.2, 0.25) is 5.95 Å². The number of likely N-dealkylation sites (N-methyl/N-ethyl adjacent to an activating group) is 1. The largest absolute Gasteiger partial charge is 0.494 e. The second-order valence-electron chi connectivity index (χ2n) is 9.69. The average molecular weight is 523 g/mol. The molecule has 196 valence electrons. The van der Waals surface area contributed by atoms with E-state index >= 15 is 0 Å². The molecule has 37 heavy (non-hydrogen) atoms. The first-order valence-corrected chi connectivity index (χ1v) is 13.3. The van der Waals surface area contributed by atoms with E-state index in [2.05, 4.69) is 61.4 Å². The zero-order valence-corrected chi connectivity index (χ0v) is 22.6. The molecule has 2 aromatic heterocycles. The fourth-order valence-electron chi connectivity index (χ4n) is 4.95. The number of rotatable bonds is 7. The third-order valence-corrected chi connectivity index (χ3v) is 7.32. The molecule has 1 aromatic carbocycles. The predicted molar refractivity (Wildman–Crippen MR) is 151 cm³/mol. The molecule has 0 aliphatic carbocycles. The smallest absolute Gasteiger partial charge is 0.229 e. The van der Waals surface area contributed by atoms with E-state index < -0.39 is 0 Å². The number of ether oxygens (including phenoxy) is 1. The Morgan fingerprint density at radius 2 is 1.70 bits per heavy atom. The summed E-state index contributed by atoms with van der Waals surface area (Å²) in [6, 6.07) is 8.11. The van der Waals surface area contributed by atoms with Gasteiger partial charge in [0.15, 0.2) is 11.6 Å². The maximum Gasteiger partial charge on any atom is 0.229 e. The molecule has 10 heteroatoms. The quantitative estimate of drug-likeness (QED) is 0.442. The molecule has 0 amide bonds. The first-order chi connectivity index (χ1) is 18.0. The number of piperazine rings is 1. The van der Waals surface area contributed by atoms with Crippen LogP contribution in [0, 0.1) is 6.92 Å². The molecular weight excluding hydrogens is 488 g/mol. The van der Waals surface area contributed by atoms with Crippen LogP contribution in [-0.4, -0.2) is 73.3 Å². The van der Waals surface area contributed by atoms with Gasteiger partial charge in [0, 0.05) is 57.2 Å². The number of hydrogen-bond acceptors (Lipinski definition) is 9. The van der Waals surface area contributed by atoms with Crippen molar-refractivity contribution in [1.29, 1.82) is 0 Å². The monoisotopic (exact) mass is 522 g/mol. The lowest BCUT2D eigenvalue weighted by atomic mass is 10.1. The molecular formula is C27H35ClN8O. The summed E-state index contributed by atoms with van der Waals surface area (Å²) in [5, 5.41) is 7.16. The van der Waals surface area contributed by atoms with Gasteiger partial charge in [-0.2, -0.15) is 4.98 Å². The van der Waals surface area contributed by atoms with Crippen LogP contribution in [0.3, 0.4) is 0 Å². The molecule has 0 saturated carbocycles. The second-order valence-corrected chi connectivity index (χ2v) is 10.1. The number of anilines is 6. The van der Waals surface area contributed by atoms with Crippen molar-refractivity contribution in [2.24, 2.45) is 0 Å². The van der Waals surface area contributed by atoms with Crippen LogP contribution in [0.15, 0.2) is 36.7 Å². The van der Waals surface area contributed by atoms with Gasteiger partial charge >= 0.3 is 0 Å². The van der Waals surface area contributed by atoms with Gasteiger partial charge in [-0.3, -0.25) is 0 Å². The lowest BCUT2D eigenvalue weighted by Gasteiger charge is -2.35. The summed E-state index contributed by atoms with van der Waals surface area (Å²) in [7, 11) is 3.85. The normalized spacial score (nSPS) is 16.5. The topological polar surface area (TPSA) is 81.7 Å². The molecule has 5 rings (SSSR count). The standard InChI is InChI=1S/C27H35ClN8O/c1-19-16-22(24(37-3)17-23(19)35-14-12-34(2)13-15-35)32-27-30-18-20(28)25(33-27)31-21-8-7-9-29-26(21)36-10-5-4-6-11-36/h7-9,16-18H,4-6,10-15H2,1-3H3,(H2,30,31,32,33). The van der Waals surface area contributed by atoms with Crippen molar-refractivity contribution in [2.45, 2.75) is 26.2 Å². The molecule has 2 aliphatic rings. The Labute approximate surface area is 223 Å². The first kappa shape index (κ1) is 25.4. The summed E-state index contributed by atoms with van der Waals surface area (Å²) in [5.41, 5.74) is 4.04. The molecule has 0 bridgehead atoms. The van der Waals surface area contributed by atoms with Crippen LogP contribution >= 0.6 is 11.6 Å². The lowest BCUT2D eigenvalue weighted by molar-refractivity contribution is 0.312. The minimum absolute atomic E-state index is 0.431. The van der Waals surface area contributed by atoms with Crippen molar-refractivity contribution in [3.05, 3.63) is 47.2 Å². The SMILES string of the molecule is COc1cc(N2CCN(C)CC2)c(C)cc1Nc1ncc(Cl)c(Nc2cccnc2N2CCCCC2)n1. The van der Waals surface area contributed by atoms with Gasteiger partial charge in [-0.25, -0.2) is 9.97 Å². The van der Waals surface area contributed by atoms with Crippen LogP contribution in [0.1, 0.15) is 24.8 Å². The fourth-order valence-corrected chi connectivity index (χ4v) is 5.09. The molecule has 0 spiro atoms. The minimum Gasteiger partial charge on any atom is -0.494 e. The highest BCUT2D eigenvalue weighted by atomic mass is 35.5. The Morgan fingerprint density at radius 3 is 2.46 bits per heavy atom. The highest BCUT2D eigenvalue weighted by Crippen LogP contribution is 2.36. The number of aryl methyl sites for hydroxylation is 1. The van der Waals surface area contributed by atoms with Crippen molar-refractivity contribution < 1.29 is 4.74 Å². The summed E-state index contributed by atoms with van der Waals surface area (Å²) in [6.07, 6.45) is 7.04. The number of nitrogens with one attached hydrogen (secondary N) is 2. The van der Waals surface area contributed by atoms with E-state index in [1.165, 1.54) is 30.5 Å². The van der Waals surface area contributed by atoms with Crippen LogP contribution in [0.4, 0.5) is 34.6 Å². The van der Waals surface area contributed by atoms with E-state index in [-0.39, 0.29) is 0 Å². The lowest BCUT2D eigenvalue weighted by Crippen LogP contribution is -2.44. The van der Waals surface area contributed by atoms with Crippen molar-refractivity contribution in [3.8, 4) is 5.75 Å². The maximum absolute atomic E-state index is 6.51. The summed E-state index contributed by atoms with van der Waals surface area (Å²) in [4.78, 5) is 20.8. The van der Waals surface area contributed by atoms with E-state index in [0.29, 0.717) is 16.8 Å². The first-order valence-electron chi connectivity index (χ1n) is 12.9. The molecule has 0 radical (unpaired) electrons. The Morgan fingerprint density at radius 1 is 0.919 bits per heavy atom. The molecule has 2 saturated heterocycles. The Balaban J connectivity index is 1.37. The molecule has 2 aliphatic heterocycles. The van der Waals surface area contributed by atoms with Crippen LogP contribution in [0.5, 0.6) is 5.75 Å². The third-order valence-electron chi connectivity index (χ3n) is 7.05. The number of benzene rings is 1. The van der Waals surface area contributed by atoms with Crippen molar-refractivity contribution in [1.82, 2.24) is 19.9 Å². The summed E-state index contributed by atoms with van der Waals surface area (Å²) >= 11 is 6.51. The molecule has 0 atom stereocenters. The molecule has 0 unspecified atom stereocenters. The van der Waals surface area contributed by atoms with Crippen LogP contribution in [0.25, 0.3) is 0 Å². The van der Waals surface area contributed by atoms with E-state index in [4.69, 9.17) is 21.3 Å². The number of pyridine rings is 1. The number of methoxy groups -OCH3 is 1. The number of halogens is 1. The Kier molecular flexibility index (Phi) is 7.81. The molecule has 2 N–H and O–H groups in total. The Bertz CT molecular complexity index is 1230. The average Bonchev–Trinajstić information content (AvgIpc) is 2.92. The number of aromatic nitrogens is 3. The zero-order chi connectivity index (χ0) is 25.8. The van der Waals surface area contributed by atoms with Crippen LogP contribution < -0.4 is 25.2 Å². The summed E-state index contributed by atoms with van der Waals surface area (Å²) < 4.78 is 5.75. The molecule has 4 heterocycles. The van der Waals surface area contributed by atoms with Gasteiger partial charge < -0.3 is 30.1 Å². The van der Waals surface area contributed by atoms with Gasteiger partial charge in [-0.15, -0.1) is 0 Å². The fraction of sp³-hybridized carbons (Fsp3) is 0.444. The van der Waals surface area contributed by atoms with E-state index in [1.807, 2.05) is 18.3 Å². The number of piperidine rings is 1. The molecule has 9 nitrogen and oxygen atoms in total. The van der Waals surface area contributed by atoms with Gasteiger partial charge in [0.05, 0.1) is 24.7 Å². The Hall–Kier alpha value is -3.30. The van der Waals surface area contributed by atoms with E-state index in [0.717, 1.165) is 62.2 Å². The zero-order valence-electron chi connectivity index (χ0n) is 21.8. The van der Waals surface area contributed by atoms with Gasteiger partial charge in [-0.05, 0) is 57.0 Å². The summed E-state index contributed by atoms with van der Waals surface area (Å²) in [5.74, 6) is 2.62.